The molecule has 2 amide bonds. The first-order chi connectivity index (χ1) is 9.88. The van der Waals surface area contributed by atoms with Gasteiger partial charge >= 0.3 is 0 Å². The predicted molar refractivity (Wildman–Crippen MR) is 86.8 cm³/mol. The van der Waals surface area contributed by atoms with Crippen molar-refractivity contribution in [2.45, 2.75) is 6.92 Å². The third-order valence-corrected chi connectivity index (χ3v) is 4.11. The molecule has 0 saturated carbocycles. The Bertz CT molecular complexity index is 732. The van der Waals surface area contributed by atoms with Crippen molar-refractivity contribution in [3.8, 4) is 0 Å². The highest BCUT2D eigenvalue weighted by Crippen LogP contribution is 2.22. The van der Waals surface area contributed by atoms with Gasteiger partial charge in [0.15, 0.2) is 0 Å². The van der Waals surface area contributed by atoms with Gasteiger partial charge in [0.25, 0.3) is 5.91 Å². The van der Waals surface area contributed by atoms with Crippen LogP contribution in [0.5, 0.6) is 0 Å². The van der Waals surface area contributed by atoms with E-state index in [0.717, 1.165) is 10.0 Å². The number of hydrogen-bond acceptors (Lipinski definition) is 2. The Morgan fingerprint density at radius 1 is 1.19 bits per heavy atom. The fraction of sp³-hybridized carbons (Fsp3) is 0.0667. The van der Waals surface area contributed by atoms with E-state index < -0.39 is 5.91 Å². The number of carbonyl (C=O) groups is 2. The third kappa shape index (κ3) is 3.62. The zero-order chi connectivity index (χ0) is 15.6. The third-order valence-electron chi connectivity index (χ3n) is 2.92. The van der Waals surface area contributed by atoms with Crippen molar-refractivity contribution in [3.05, 3.63) is 62.6 Å². The van der Waals surface area contributed by atoms with Crippen molar-refractivity contribution in [3.63, 3.8) is 0 Å². The van der Waals surface area contributed by atoms with Crippen LogP contribution in [-0.2, 0) is 0 Å². The van der Waals surface area contributed by atoms with Crippen LogP contribution in [0.3, 0.4) is 0 Å². The molecule has 0 aliphatic heterocycles. The van der Waals surface area contributed by atoms with Gasteiger partial charge in [-0.25, -0.2) is 0 Å². The lowest BCUT2D eigenvalue weighted by Gasteiger charge is -2.08. The van der Waals surface area contributed by atoms with Crippen LogP contribution < -0.4 is 11.1 Å². The van der Waals surface area contributed by atoms with Crippen molar-refractivity contribution < 1.29 is 9.59 Å². The summed E-state index contributed by atoms with van der Waals surface area (Å²) in [5.41, 5.74) is 7.38. The number of anilines is 1. The molecule has 0 atom stereocenters. The van der Waals surface area contributed by atoms with Crippen LogP contribution in [-0.4, -0.2) is 11.8 Å². The molecule has 3 N–H and O–H groups in total. The number of aryl methyl sites for hydroxylation is 1. The number of carbonyl (C=O) groups excluding carboxylic acids is 2. The molecular weight excluding hydrogens is 356 g/mol. The Labute approximate surface area is 135 Å². The van der Waals surface area contributed by atoms with Gasteiger partial charge in [-0.3, -0.25) is 9.59 Å². The molecule has 2 aromatic rings. The van der Waals surface area contributed by atoms with E-state index in [2.05, 4.69) is 21.2 Å². The minimum Gasteiger partial charge on any atom is -0.366 e. The highest BCUT2D eigenvalue weighted by atomic mass is 79.9. The van der Waals surface area contributed by atoms with Gasteiger partial charge < -0.3 is 11.1 Å². The minimum absolute atomic E-state index is 0.166. The fourth-order valence-electron chi connectivity index (χ4n) is 1.73. The molecule has 0 saturated heterocycles. The Morgan fingerprint density at radius 2 is 1.90 bits per heavy atom. The number of rotatable bonds is 3. The summed E-state index contributed by atoms with van der Waals surface area (Å²) in [5, 5.41) is 2.95. The highest BCUT2D eigenvalue weighted by molar-refractivity contribution is 9.10. The van der Waals surface area contributed by atoms with Gasteiger partial charge in [0.05, 0.1) is 10.6 Å². The number of nitrogens with one attached hydrogen (secondary N) is 1. The molecule has 0 spiro atoms. The molecule has 0 aliphatic rings. The van der Waals surface area contributed by atoms with Crippen LogP contribution in [0, 0.1) is 6.92 Å². The van der Waals surface area contributed by atoms with Crippen LogP contribution >= 0.6 is 27.5 Å². The molecule has 0 aromatic heterocycles. The topological polar surface area (TPSA) is 72.2 Å². The molecule has 0 heterocycles. The van der Waals surface area contributed by atoms with Crippen LogP contribution in [0.25, 0.3) is 0 Å². The van der Waals surface area contributed by atoms with E-state index in [-0.39, 0.29) is 16.5 Å². The first kappa shape index (κ1) is 15.5. The normalized spacial score (nSPS) is 10.2. The lowest BCUT2D eigenvalue weighted by atomic mass is 10.1. The van der Waals surface area contributed by atoms with Gasteiger partial charge in [-0.05, 0) is 42.8 Å². The summed E-state index contributed by atoms with van der Waals surface area (Å²) in [4.78, 5) is 23.4. The maximum atomic E-state index is 12.2. The summed E-state index contributed by atoms with van der Waals surface area (Å²) in [5.74, 6) is -0.928. The Hall–Kier alpha value is -1.85. The summed E-state index contributed by atoms with van der Waals surface area (Å²) in [7, 11) is 0. The molecular formula is C15H12BrClN2O2. The molecule has 108 valence electrons. The molecule has 0 fully saturated rings. The largest absolute Gasteiger partial charge is 0.366 e. The molecule has 0 unspecified atom stereocenters. The molecule has 0 radical (unpaired) electrons. The van der Waals surface area contributed by atoms with Gasteiger partial charge in [-0.15, -0.1) is 0 Å². The second-order valence-corrected chi connectivity index (χ2v) is 5.74. The molecule has 6 heteroatoms. The summed E-state index contributed by atoms with van der Waals surface area (Å²) in [6.45, 7) is 1.93. The molecule has 0 bridgehead atoms. The zero-order valence-electron chi connectivity index (χ0n) is 11.1. The summed E-state index contributed by atoms with van der Waals surface area (Å²) in [6, 6.07) is 9.87. The number of halogens is 2. The van der Waals surface area contributed by atoms with E-state index in [1.165, 1.54) is 12.1 Å². The minimum atomic E-state index is -0.644. The Kier molecular flexibility index (Phi) is 4.65. The second-order valence-electron chi connectivity index (χ2n) is 4.48. The van der Waals surface area contributed by atoms with Gasteiger partial charge in [-0.1, -0.05) is 33.6 Å². The Morgan fingerprint density at radius 3 is 2.52 bits per heavy atom. The van der Waals surface area contributed by atoms with E-state index in [1.807, 2.05) is 13.0 Å². The van der Waals surface area contributed by atoms with E-state index >= 15 is 0 Å². The number of nitrogens with two attached hydrogens (primary N) is 1. The first-order valence-corrected chi connectivity index (χ1v) is 7.22. The van der Waals surface area contributed by atoms with E-state index in [4.69, 9.17) is 17.3 Å². The lowest BCUT2D eigenvalue weighted by Crippen LogP contribution is -2.15. The first-order valence-electron chi connectivity index (χ1n) is 6.05. The van der Waals surface area contributed by atoms with Crippen molar-refractivity contribution in [1.29, 1.82) is 0 Å². The summed E-state index contributed by atoms with van der Waals surface area (Å²) < 4.78 is 0.851. The number of benzene rings is 2. The standard InChI is InChI=1S/C15H12BrClN2O2/c1-8-2-3-9(6-12(8)16)15(21)19-10-4-5-13(17)11(7-10)14(18)20/h2-7H,1H3,(H2,18,20)(H,19,21). The molecule has 2 rings (SSSR count). The van der Waals surface area contributed by atoms with E-state index in [1.54, 1.807) is 18.2 Å². The number of amides is 2. The van der Waals surface area contributed by atoms with Crippen molar-refractivity contribution in [1.82, 2.24) is 0 Å². The summed E-state index contributed by atoms with van der Waals surface area (Å²) in [6.07, 6.45) is 0. The quantitative estimate of drug-likeness (QED) is 0.867. The average molecular weight is 368 g/mol. The molecule has 0 aliphatic carbocycles. The fourth-order valence-corrected chi connectivity index (χ4v) is 2.32. The van der Waals surface area contributed by atoms with Gasteiger partial charge in [0.1, 0.15) is 0 Å². The predicted octanol–water partition coefficient (Wildman–Crippen LogP) is 3.76. The highest BCUT2D eigenvalue weighted by Gasteiger charge is 2.11. The number of primary amides is 1. The SMILES string of the molecule is Cc1ccc(C(=O)Nc2ccc(Cl)c(C(N)=O)c2)cc1Br. The lowest BCUT2D eigenvalue weighted by molar-refractivity contribution is 0.0996. The average Bonchev–Trinajstić information content (AvgIpc) is 2.43. The summed E-state index contributed by atoms with van der Waals surface area (Å²) >= 11 is 9.24. The van der Waals surface area contributed by atoms with E-state index in [9.17, 15) is 9.59 Å². The monoisotopic (exact) mass is 366 g/mol. The molecule has 2 aromatic carbocycles. The van der Waals surface area contributed by atoms with Crippen molar-refractivity contribution >= 4 is 45.0 Å². The van der Waals surface area contributed by atoms with Crippen molar-refractivity contribution in [2.24, 2.45) is 5.73 Å². The van der Waals surface area contributed by atoms with Crippen LogP contribution in [0.1, 0.15) is 26.3 Å². The maximum absolute atomic E-state index is 12.2. The smallest absolute Gasteiger partial charge is 0.255 e. The van der Waals surface area contributed by atoms with Gasteiger partial charge in [-0.2, -0.15) is 0 Å². The van der Waals surface area contributed by atoms with Gasteiger partial charge in [0, 0.05) is 15.7 Å². The molecule has 4 nitrogen and oxygen atoms in total. The van der Waals surface area contributed by atoms with Crippen LogP contribution in [0.2, 0.25) is 5.02 Å². The van der Waals surface area contributed by atoms with Gasteiger partial charge in [0.2, 0.25) is 5.91 Å². The Balaban J connectivity index is 2.25. The molecule has 21 heavy (non-hydrogen) atoms. The van der Waals surface area contributed by atoms with Crippen LogP contribution in [0.4, 0.5) is 5.69 Å². The second kappa shape index (κ2) is 6.28. The zero-order valence-corrected chi connectivity index (χ0v) is 13.5. The van der Waals surface area contributed by atoms with Crippen LogP contribution in [0.15, 0.2) is 40.9 Å². The van der Waals surface area contributed by atoms with E-state index in [0.29, 0.717) is 11.3 Å². The van der Waals surface area contributed by atoms with Crippen molar-refractivity contribution in [2.75, 3.05) is 5.32 Å². The maximum Gasteiger partial charge on any atom is 0.255 e. The number of hydrogen-bond donors (Lipinski definition) is 2.